The zero-order valence-electron chi connectivity index (χ0n) is 18.3. The molecule has 0 fully saturated rings. The molecular formula is C24H27N5O2. The fourth-order valence-corrected chi connectivity index (χ4v) is 3.66. The van der Waals surface area contributed by atoms with E-state index in [4.69, 9.17) is 4.74 Å². The van der Waals surface area contributed by atoms with Crippen molar-refractivity contribution < 1.29 is 4.74 Å². The van der Waals surface area contributed by atoms with Gasteiger partial charge in [-0.2, -0.15) is 10.2 Å². The van der Waals surface area contributed by atoms with E-state index in [-0.39, 0.29) is 11.6 Å². The van der Waals surface area contributed by atoms with Crippen LogP contribution in [-0.2, 0) is 13.6 Å². The Kier molecular flexibility index (Phi) is 5.75. The molecule has 3 heterocycles. The molecule has 4 rings (SSSR count). The molecule has 1 unspecified atom stereocenters. The third-order valence-corrected chi connectivity index (χ3v) is 5.47. The third kappa shape index (κ3) is 4.17. The zero-order chi connectivity index (χ0) is 22.0. The van der Waals surface area contributed by atoms with Crippen molar-refractivity contribution in [3.63, 3.8) is 0 Å². The zero-order valence-corrected chi connectivity index (χ0v) is 18.3. The van der Waals surface area contributed by atoms with E-state index >= 15 is 0 Å². The van der Waals surface area contributed by atoms with E-state index in [0.29, 0.717) is 18.9 Å². The summed E-state index contributed by atoms with van der Waals surface area (Å²) in [5.41, 5.74) is 5.11. The van der Waals surface area contributed by atoms with Crippen molar-refractivity contribution in [3.8, 4) is 28.0 Å². The quantitative estimate of drug-likeness (QED) is 0.453. The molecule has 0 spiro atoms. The minimum Gasteiger partial charge on any atom is -0.493 e. The molecule has 7 nitrogen and oxygen atoms in total. The van der Waals surface area contributed by atoms with Crippen molar-refractivity contribution in [1.29, 1.82) is 0 Å². The first kappa shape index (κ1) is 20.7. The van der Waals surface area contributed by atoms with E-state index in [1.54, 1.807) is 15.3 Å². The van der Waals surface area contributed by atoms with E-state index in [1.165, 1.54) is 0 Å². The molecule has 0 aliphatic carbocycles. The number of pyridine rings is 1. The van der Waals surface area contributed by atoms with Crippen LogP contribution in [0.3, 0.4) is 0 Å². The van der Waals surface area contributed by atoms with Crippen LogP contribution >= 0.6 is 0 Å². The van der Waals surface area contributed by atoms with E-state index in [9.17, 15) is 4.79 Å². The Hall–Kier alpha value is -3.61. The fraction of sp³-hybridized carbons (Fsp3) is 0.292. The van der Waals surface area contributed by atoms with Gasteiger partial charge in [0.05, 0.1) is 25.0 Å². The second kappa shape index (κ2) is 8.63. The van der Waals surface area contributed by atoms with Gasteiger partial charge in [-0.05, 0) is 31.9 Å². The van der Waals surface area contributed by atoms with Crippen LogP contribution in [-0.4, -0.2) is 30.7 Å². The highest BCUT2D eigenvalue weighted by Gasteiger charge is 2.15. The summed E-state index contributed by atoms with van der Waals surface area (Å²) in [6, 6.07) is 10.1. The molecule has 0 saturated carbocycles. The van der Waals surface area contributed by atoms with Crippen molar-refractivity contribution >= 4 is 0 Å². The van der Waals surface area contributed by atoms with Gasteiger partial charge in [0.2, 0.25) is 0 Å². The minimum atomic E-state index is -0.0656. The van der Waals surface area contributed by atoms with Gasteiger partial charge in [-0.25, -0.2) is 0 Å². The van der Waals surface area contributed by atoms with Gasteiger partial charge in [-0.1, -0.05) is 24.3 Å². The third-order valence-electron chi connectivity index (χ3n) is 5.47. The number of hydrogen-bond donors (Lipinski definition) is 0. The van der Waals surface area contributed by atoms with Crippen molar-refractivity contribution in [2.75, 3.05) is 6.61 Å². The molecule has 31 heavy (non-hydrogen) atoms. The summed E-state index contributed by atoms with van der Waals surface area (Å²) in [5, 5.41) is 8.83. The molecular weight excluding hydrogens is 390 g/mol. The Morgan fingerprint density at radius 3 is 2.35 bits per heavy atom. The first-order valence-electron chi connectivity index (χ1n) is 10.5. The lowest BCUT2D eigenvalue weighted by Gasteiger charge is -2.14. The van der Waals surface area contributed by atoms with Crippen LogP contribution in [0.15, 0.2) is 66.1 Å². The van der Waals surface area contributed by atoms with Crippen molar-refractivity contribution in [2.45, 2.75) is 33.4 Å². The molecule has 3 aromatic heterocycles. The maximum atomic E-state index is 12.2. The summed E-state index contributed by atoms with van der Waals surface area (Å²) in [4.78, 5) is 12.2. The number of nitrogens with zero attached hydrogens (tertiary/aromatic N) is 5. The molecule has 7 heteroatoms. The topological polar surface area (TPSA) is 66.9 Å². The number of ether oxygens (including phenoxy) is 1. The monoisotopic (exact) mass is 417 g/mol. The summed E-state index contributed by atoms with van der Waals surface area (Å²) in [6.45, 7) is 7.08. The molecule has 0 aliphatic heterocycles. The van der Waals surface area contributed by atoms with E-state index in [0.717, 1.165) is 27.8 Å². The molecule has 0 aliphatic rings. The van der Waals surface area contributed by atoms with Crippen LogP contribution in [0.4, 0.5) is 0 Å². The SMILES string of the molecule is CCOc1cc(=O)n(CC)cc1-c1cnn(C(C)c2ccc(-c3cnn(C)c3)cc2)c1. The second-order valence-electron chi connectivity index (χ2n) is 7.52. The smallest absolute Gasteiger partial charge is 0.254 e. The Morgan fingerprint density at radius 1 is 0.968 bits per heavy atom. The highest BCUT2D eigenvalue weighted by Crippen LogP contribution is 2.30. The van der Waals surface area contributed by atoms with Crippen LogP contribution in [0.25, 0.3) is 22.3 Å². The lowest BCUT2D eigenvalue weighted by Crippen LogP contribution is -2.18. The first-order chi connectivity index (χ1) is 15.0. The van der Waals surface area contributed by atoms with Gasteiger partial charge < -0.3 is 9.30 Å². The Morgan fingerprint density at radius 2 is 1.71 bits per heavy atom. The van der Waals surface area contributed by atoms with E-state index in [2.05, 4.69) is 41.4 Å². The molecule has 4 aromatic rings. The van der Waals surface area contributed by atoms with Crippen molar-refractivity contribution in [2.24, 2.45) is 7.05 Å². The lowest BCUT2D eigenvalue weighted by molar-refractivity contribution is 0.340. The predicted octanol–water partition coefficient (Wildman–Crippen LogP) is 4.14. The van der Waals surface area contributed by atoms with Crippen LogP contribution < -0.4 is 10.3 Å². The molecule has 0 amide bonds. The molecule has 160 valence electrons. The summed E-state index contributed by atoms with van der Waals surface area (Å²) < 4.78 is 11.1. The van der Waals surface area contributed by atoms with Gasteiger partial charge in [0.1, 0.15) is 5.75 Å². The number of benzene rings is 1. The van der Waals surface area contributed by atoms with Gasteiger partial charge in [-0.15, -0.1) is 0 Å². The molecule has 0 radical (unpaired) electrons. The maximum absolute atomic E-state index is 12.2. The van der Waals surface area contributed by atoms with Gasteiger partial charge in [0.25, 0.3) is 5.56 Å². The Bertz CT molecular complexity index is 1230. The first-order valence-corrected chi connectivity index (χ1v) is 10.5. The predicted molar refractivity (Wildman–Crippen MR) is 121 cm³/mol. The Labute approximate surface area is 181 Å². The lowest BCUT2D eigenvalue weighted by atomic mass is 10.0. The van der Waals surface area contributed by atoms with Crippen LogP contribution in [0.5, 0.6) is 5.75 Å². The standard InChI is InChI=1S/C24H27N5O2/c1-5-28-16-22(23(31-6-2)11-24(28)30)21-13-26-29(15-21)17(3)18-7-9-19(10-8-18)20-12-25-27(4)14-20/h7-17H,5-6H2,1-4H3. The highest BCUT2D eigenvalue weighted by molar-refractivity contribution is 5.68. The minimum absolute atomic E-state index is 0.0596. The molecule has 0 saturated heterocycles. The molecule has 1 aromatic carbocycles. The van der Waals surface area contributed by atoms with Crippen LogP contribution in [0, 0.1) is 0 Å². The molecule has 0 bridgehead atoms. The van der Waals surface area contributed by atoms with Gasteiger partial charge in [-0.3, -0.25) is 14.2 Å². The average molecular weight is 418 g/mol. The van der Waals surface area contributed by atoms with Gasteiger partial charge >= 0.3 is 0 Å². The van der Waals surface area contributed by atoms with Gasteiger partial charge in [0, 0.05) is 54.9 Å². The summed E-state index contributed by atoms with van der Waals surface area (Å²) >= 11 is 0. The summed E-state index contributed by atoms with van der Waals surface area (Å²) in [5.74, 6) is 0.588. The fourth-order valence-electron chi connectivity index (χ4n) is 3.66. The molecule has 1 atom stereocenters. The van der Waals surface area contributed by atoms with E-state index < -0.39 is 0 Å². The number of aromatic nitrogens is 5. The average Bonchev–Trinajstić information content (AvgIpc) is 3.43. The maximum Gasteiger partial charge on any atom is 0.254 e. The molecule has 0 N–H and O–H groups in total. The number of rotatable bonds is 7. The number of aryl methyl sites for hydroxylation is 2. The number of hydrogen-bond acceptors (Lipinski definition) is 4. The second-order valence-corrected chi connectivity index (χ2v) is 7.52. The van der Waals surface area contributed by atoms with E-state index in [1.807, 2.05) is 56.6 Å². The largest absolute Gasteiger partial charge is 0.493 e. The summed E-state index contributed by atoms with van der Waals surface area (Å²) in [6.07, 6.45) is 9.54. The van der Waals surface area contributed by atoms with Crippen molar-refractivity contribution in [3.05, 3.63) is 77.2 Å². The van der Waals surface area contributed by atoms with Crippen LogP contribution in [0.1, 0.15) is 32.4 Å². The Balaban J connectivity index is 1.62. The van der Waals surface area contributed by atoms with Crippen LogP contribution in [0.2, 0.25) is 0 Å². The normalized spacial score (nSPS) is 12.1. The van der Waals surface area contributed by atoms with Gasteiger partial charge in [0.15, 0.2) is 0 Å². The highest BCUT2D eigenvalue weighted by atomic mass is 16.5. The van der Waals surface area contributed by atoms with Crippen molar-refractivity contribution in [1.82, 2.24) is 24.1 Å². The summed E-state index contributed by atoms with van der Waals surface area (Å²) in [7, 11) is 1.92.